The van der Waals surface area contributed by atoms with E-state index in [1.54, 1.807) is 18.2 Å². The zero-order chi connectivity index (χ0) is 25.5. The number of amides is 1. The largest absolute Gasteiger partial charge is 0.490 e. The maximum absolute atomic E-state index is 12.8. The van der Waals surface area contributed by atoms with Crippen LogP contribution in [0.4, 0.5) is 5.69 Å². The topological polar surface area (TPSA) is 71.3 Å². The van der Waals surface area contributed by atoms with E-state index in [1.165, 1.54) is 6.08 Å². The molecule has 180 valence electrons. The number of nitrogens with zero attached hydrogens (tertiary/aromatic N) is 1. The number of nitriles is 1. The van der Waals surface area contributed by atoms with Gasteiger partial charge in [-0.25, -0.2) is 0 Å². The minimum absolute atomic E-state index is 0.0198. The molecule has 1 N–H and O–H groups in total. The summed E-state index contributed by atoms with van der Waals surface area (Å²) in [5.41, 5.74) is 4.09. The van der Waals surface area contributed by atoms with E-state index in [9.17, 15) is 10.1 Å². The Morgan fingerprint density at radius 1 is 1.09 bits per heavy atom. The van der Waals surface area contributed by atoms with Crippen LogP contribution in [0.3, 0.4) is 0 Å². The van der Waals surface area contributed by atoms with Crippen molar-refractivity contribution in [3.8, 4) is 17.6 Å². The monoisotopic (exact) mass is 620 g/mol. The molecule has 3 aromatic rings. The average Bonchev–Trinajstić information content (AvgIpc) is 2.81. The van der Waals surface area contributed by atoms with Crippen molar-refractivity contribution in [3.63, 3.8) is 0 Å². The smallest absolute Gasteiger partial charge is 0.266 e. The lowest BCUT2D eigenvalue weighted by atomic mass is 10.1. The lowest BCUT2D eigenvalue weighted by Crippen LogP contribution is -2.14. The summed E-state index contributed by atoms with van der Waals surface area (Å²) in [4.78, 5) is 12.8. The number of hydrogen-bond donors (Lipinski definition) is 1. The van der Waals surface area contributed by atoms with Crippen molar-refractivity contribution in [1.82, 2.24) is 0 Å². The number of carbonyl (C=O) groups is 1. The number of benzene rings is 3. The normalized spacial score (nSPS) is 11.1. The minimum Gasteiger partial charge on any atom is -0.490 e. The van der Waals surface area contributed by atoms with Gasteiger partial charge in [0.25, 0.3) is 5.91 Å². The lowest BCUT2D eigenvalue weighted by Gasteiger charge is -2.15. The zero-order valence-corrected chi connectivity index (χ0v) is 23.1. The van der Waals surface area contributed by atoms with Crippen LogP contribution in [-0.4, -0.2) is 12.5 Å². The van der Waals surface area contributed by atoms with Crippen molar-refractivity contribution in [3.05, 3.63) is 90.0 Å². The van der Waals surface area contributed by atoms with E-state index in [1.807, 2.05) is 57.2 Å². The molecule has 3 rings (SSSR count). The van der Waals surface area contributed by atoms with Gasteiger partial charge in [-0.2, -0.15) is 5.26 Å². The lowest BCUT2D eigenvalue weighted by molar-refractivity contribution is -0.112. The van der Waals surface area contributed by atoms with Crippen molar-refractivity contribution in [1.29, 1.82) is 5.26 Å². The summed E-state index contributed by atoms with van der Waals surface area (Å²) in [6.45, 7) is 6.40. The summed E-state index contributed by atoms with van der Waals surface area (Å²) >= 11 is 14.2. The standard InChI is InChI=1S/C27H23Cl2IN2O3/c1-4-34-25-13-19(10-20(14-31)27(33)32-24-9-16(2)5-6-17(24)3)12-23(30)26(25)35-15-18-7-8-21(28)22(29)11-18/h5-13H,4,15H2,1-3H3,(H,32,33)/b20-10+. The van der Waals surface area contributed by atoms with Crippen LogP contribution in [0.15, 0.2) is 54.1 Å². The molecule has 0 radical (unpaired) electrons. The molecule has 1 amide bonds. The number of hydrogen-bond acceptors (Lipinski definition) is 4. The Kier molecular flexibility index (Phi) is 9.44. The van der Waals surface area contributed by atoms with E-state index >= 15 is 0 Å². The number of aryl methyl sites for hydroxylation is 2. The molecule has 0 aliphatic heterocycles. The molecule has 0 saturated heterocycles. The maximum atomic E-state index is 12.8. The van der Waals surface area contributed by atoms with Crippen LogP contribution in [0.5, 0.6) is 11.5 Å². The van der Waals surface area contributed by atoms with Gasteiger partial charge in [0.1, 0.15) is 18.2 Å². The third kappa shape index (κ3) is 7.14. The summed E-state index contributed by atoms with van der Waals surface area (Å²) in [5.74, 6) is 0.598. The van der Waals surface area contributed by atoms with Crippen molar-refractivity contribution in [2.24, 2.45) is 0 Å². The van der Waals surface area contributed by atoms with Crippen molar-refractivity contribution >= 4 is 63.5 Å². The first kappa shape index (κ1) is 26.9. The molecule has 0 aliphatic rings. The van der Waals surface area contributed by atoms with Gasteiger partial charge >= 0.3 is 0 Å². The SMILES string of the molecule is CCOc1cc(/C=C(\C#N)C(=O)Nc2cc(C)ccc2C)cc(I)c1OCc1ccc(Cl)c(Cl)c1. The minimum atomic E-state index is -0.478. The first-order valence-electron chi connectivity index (χ1n) is 10.7. The summed E-state index contributed by atoms with van der Waals surface area (Å²) in [6, 6.07) is 16.7. The highest BCUT2D eigenvalue weighted by atomic mass is 127. The molecule has 0 atom stereocenters. The highest BCUT2D eigenvalue weighted by Gasteiger charge is 2.15. The van der Waals surface area contributed by atoms with Gasteiger partial charge in [-0.3, -0.25) is 4.79 Å². The van der Waals surface area contributed by atoms with Crippen LogP contribution in [-0.2, 0) is 11.4 Å². The quantitative estimate of drug-likeness (QED) is 0.159. The van der Waals surface area contributed by atoms with E-state index in [0.29, 0.717) is 39.4 Å². The Morgan fingerprint density at radius 3 is 2.54 bits per heavy atom. The highest BCUT2D eigenvalue weighted by Crippen LogP contribution is 2.36. The van der Waals surface area contributed by atoms with Gasteiger partial charge in [-0.1, -0.05) is 41.4 Å². The fourth-order valence-corrected chi connectivity index (χ4v) is 4.34. The van der Waals surface area contributed by atoms with Crippen molar-refractivity contribution in [2.45, 2.75) is 27.4 Å². The molecular weight excluding hydrogens is 598 g/mol. The first-order valence-corrected chi connectivity index (χ1v) is 12.6. The molecule has 5 nitrogen and oxygen atoms in total. The predicted octanol–water partition coefficient (Wildman–Crippen LogP) is 7.74. The van der Waals surface area contributed by atoms with Gasteiger partial charge in [0, 0.05) is 5.69 Å². The van der Waals surface area contributed by atoms with Crippen molar-refractivity contribution < 1.29 is 14.3 Å². The Bertz CT molecular complexity index is 1330. The average molecular weight is 621 g/mol. The van der Waals surface area contributed by atoms with Gasteiger partial charge in [0.05, 0.1) is 20.2 Å². The van der Waals surface area contributed by atoms with E-state index in [2.05, 4.69) is 27.9 Å². The first-order chi connectivity index (χ1) is 16.7. The number of halogens is 3. The van der Waals surface area contributed by atoms with Gasteiger partial charge in [0.2, 0.25) is 0 Å². The van der Waals surface area contributed by atoms with Crippen LogP contribution in [0.1, 0.15) is 29.2 Å². The highest BCUT2D eigenvalue weighted by molar-refractivity contribution is 14.1. The molecule has 0 aromatic heterocycles. The molecule has 0 bridgehead atoms. The number of carbonyl (C=O) groups excluding carboxylic acids is 1. The number of anilines is 1. The third-order valence-electron chi connectivity index (χ3n) is 5.02. The van der Waals surface area contributed by atoms with Crippen LogP contribution in [0, 0.1) is 28.7 Å². The summed E-state index contributed by atoms with van der Waals surface area (Å²) in [6.07, 6.45) is 1.54. The van der Waals surface area contributed by atoms with Crippen molar-refractivity contribution in [2.75, 3.05) is 11.9 Å². The maximum Gasteiger partial charge on any atom is 0.266 e. The second-order valence-electron chi connectivity index (χ2n) is 7.74. The fraction of sp³-hybridized carbons (Fsp3) is 0.185. The van der Waals surface area contributed by atoms with Gasteiger partial charge < -0.3 is 14.8 Å². The van der Waals surface area contributed by atoms with Crippen LogP contribution in [0.2, 0.25) is 10.0 Å². The summed E-state index contributed by atoms with van der Waals surface area (Å²) in [5, 5.41) is 13.4. The van der Waals surface area contributed by atoms with Gasteiger partial charge in [-0.15, -0.1) is 0 Å². The van der Waals surface area contributed by atoms with Crippen LogP contribution < -0.4 is 14.8 Å². The second-order valence-corrected chi connectivity index (χ2v) is 9.72. The zero-order valence-electron chi connectivity index (χ0n) is 19.4. The van der Waals surface area contributed by atoms with Gasteiger partial charge in [-0.05, 0) is 102 Å². The van der Waals surface area contributed by atoms with E-state index in [-0.39, 0.29) is 12.2 Å². The molecule has 3 aromatic carbocycles. The molecule has 0 fully saturated rings. The molecule has 35 heavy (non-hydrogen) atoms. The number of ether oxygens (including phenoxy) is 2. The molecule has 0 unspecified atom stereocenters. The molecule has 0 saturated carbocycles. The predicted molar refractivity (Wildman–Crippen MR) is 149 cm³/mol. The van der Waals surface area contributed by atoms with Gasteiger partial charge in [0.15, 0.2) is 11.5 Å². The molecule has 0 spiro atoms. The molecule has 0 heterocycles. The van der Waals surface area contributed by atoms with E-state index in [0.717, 1.165) is 20.3 Å². The summed E-state index contributed by atoms with van der Waals surface area (Å²) < 4.78 is 12.6. The number of rotatable bonds is 8. The summed E-state index contributed by atoms with van der Waals surface area (Å²) in [7, 11) is 0. The Morgan fingerprint density at radius 2 is 1.86 bits per heavy atom. The molecular formula is C27H23Cl2IN2O3. The molecule has 8 heteroatoms. The fourth-order valence-electron chi connectivity index (χ4n) is 3.23. The Labute approximate surface area is 228 Å². The molecule has 0 aliphatic carbocycles. The van der Waals surface area contributed by atoms with Crippen LogP contribution >= 0.6 is 45.8 Å². The van der Waals surface area contributed by atoms with Crippen LogP contribution in [0.25, 0.3) is 6.08 Å². The Balaban J connectivity index is 1.86. The third-order valence-corrected chi connectivity index (χ3v) is 6.56. The van der Waals surface area contributed by atoms with E-state index in [4.69, 9.17) is 32.7 Å². The second kappa shape index (κ2) is 12.3. The Hall–Kier alpha value is -2.73. The van der Waals surface area contributed by atoms with E-state index < -0.39 is 5.91 Å². The number of nitrogens with one attached hydrogen (secondary N) is 1.